The molecule has 2 heterocycles. The molecule has 0 aromatic heterocycles. The third kappa shape index (κ3) is 2.83. The number of fused-ring (bicyclic) bond motifs is 1. The Morgan fingerprint density at radius 2 is 1.65 bits per heavy atom. The molecule has 0 N–H and O–H groups in total. The Morgan fingerprint density at radius 3 is 2.23 bits per heavy atom. The van der Waals surface area contributed by atoms with Crippen molar-refractivity contribution in [3.63, 3.8) is 0 Å². The van der Waals surface area contributed by atoms with Crippen LogP contribution in [0.25, 0.3) is 0 Å². The van der Waals surface area contributed by atoms with Crippen molar-refractivity contribution in [2.24, 2.45) is 10.5 Å². The number of hydrogen-bond donors (Lipinski definition) is 0. The van der Waals surface area contributed by atoms with Crippen molar-refractivity contribution in [3.8, 4) is 0 Å². The highest BCUT2D eigenvalue weighted by atomic mass is 35.5. The van der Waals surface area contributed by atoms with Gasteiger partial charge in [0.15, 0.2) is 0 Å². The number of amides is 3. The zero-order valence-corrected chi connectivity index (χ0v) is 17.5. The van der Waals surface area contributed by atoms with Gasteiger partial charge in [-0.05, 0) is 62.9 Å². The maximum atomic E-state index is 13.4. The maximum absolute atomic E-state index is 13.4. The first-order valence-corrected chi connectivity index (χ1v) is 10.5. The van der Waals surface area contributed by atoms with Crippen molar-refractivity contribution in [2.75, 3.05) is 5.01 Å². The minimum Gasteiger partial charge on any atom is -0.271 e. The van der Waals surface area contributed by atoms with Crippen molar-refractivity contribution in [1.29, 1.82) is 0 Å². The summed E-state index contributed by atoms with van der Waals surface area (Å²) in [6, 6.07) is 10.4. The lowest BCUT2D eigenvalue weighted by Crippen LogP contribution is -2.48. The number of carbonyl (C=O) groups is 3. The summed E-state index contributed by atoms with van der Waals surface area (Å²) in [6.07, 6.45) is 1.95. The standard InChI is InChI=1S/C23H19ClFN3O3/c1-13-23(22(31)28(26-13)19-7-6-14(25)12-18(19)24)10-8-15(9-11-23)27-20(29)16-4-2-3-5-17(16)21(27)30/h2-7,12,15H,8-11H2,1H3/t15-,23-. The molecule has 158 valence electrons. The number of hydrogen-bond acceptors (Lipinski definition) is 4. The Balaban J connectivity index is 1.37. The van der Waals surface area contributed by atoms with Gasteiger partial charge in [-0.25, -0.2) is 4.39 Å². The van der Waals surface area contributed by atoms with E-state index < -0.39 is 11.2 Å². The van der Waals surface area contributed by atoms with E-state index in [4.69, 9.17) is 11.6 Å². The summed E-state index contributed by atoms with van der Waals surface area (Å²) in [5.74, 6) is -1.25. The molecule has 1 saturated carbocycles. The first-order chi connectivity index (χ1) is 14.8. The van der Waals surface area contributed by atoms with Crippen LogP contribution in [0.2, 0.25) is 5.02 Å². The zero-order chi connectivity index (χ0) is 21.9. The Morgan fingerprint density at radius 1 is 1.03 bits per heavy atom. The van der Waals surface area contributed by atoms with Gasteiger partial charge < -0.3 is 0 Å². The predicted octanol–water partition coefficient (Wildman–Crippen LogP) is 4.43. The Bertz CT molecular complexity index is 1140. The summed E-state index contributed by atoms with van der Waals surface area (Å²) in [5.41, 5.74) is 1.07. The molecule has 0 atom stereocenters. The summed E-state index contributed by atoms with van der Waals surface area (Å²) in [7, 11) is 0. The number of nitrogens with zero attached hydrogens (tertiary/aromatic N) is 3. The lowest BCUT2D eigenvalue weighted by atomic mass is 9.69. The van der Waals surface area contributed by atoms with Crippen LogP contribution in [-0.4, -0.2) is 34.4 Å². The van der Waals surface area contributed by atoms with Gasteiger partial charge in [-0.2, -0.15) is 10.1 Å². The van der Waals surface area contributed by atoms with Crippen LogP contribution in [-0.2, 0) is 4.79 Å². The molecular formula is C23H19ClFN3O3. The van der Waals surface area contributed by atoms with Crippen LogP contribution in [0.5, 0.6) is 0 Å². The molecule has 3 aliphatic rings. The lowest BCUT2D eigenvalue weighted by Gasteiger charge is -2.38. The SMILES string of the molecule is CC1=NN(c2ccc(F)cc2Cl)C(=O)[C@]12CC[C@H](N1C(=O)c3ccccc3C1=O)CC2. The van der Waals surface area contributed by atoms with Crippen molar-refractivity contribution in [2.45, 2.75) is 38.6 Å². The van der Waals surface area contributed by atoms with E-state index in [1.165, 1.54) is 22.0 Å². The van der Waals surface area contributed by atoms with Gasteiger partial charge >= 0.3 is 0 Å². The monoisotopic (exact) mass is 439 g/mol. The van der Waals surface area contributed by atoms with Crippen LogP contribution in [0.4, 0.5) is 10.1 Å². The van der Waals surface area contributed by atoms with Crippen LogP contribution in [0.15, 0.2) is 47.6 Å². The molecule has 0 saturated heterocycles. The number of carbonyl (C=O) groups excluding carboxylic acids is 3. The van der Waals surface area contributed by atoms with E-state index in [9.17, 15) is 18.8 Å². The molecule has 5 rings (SSSR count). The van der Waals surface area contributed by atoms with E-state index in [2.05, 4.69) is 5.10 Å². The van der Waals surface area contributed by atoms with E-state index in [1.54, 1.807) is 31.2 Å². The van der Waals surface area contributed by atoms with E-state index in [0.29, 0.717) is 48.2 Å². The molecule has 2 aromatic rings. The second-order valence-electron chi connectivity index (χ2n) is 8.24. The smallest absolute Gasteiger partial charge is 0.261 e. The second-order valence-corrected chi connectivity index (χ2v) is 8.64. The van der Waals surface area contributed by atoms with Gasteiger partial charge in [0.2, 0.25) is 0 Å². The van der Waals surface area contributed by atoms with Crippen molar-refractivity contribution < 1.29 is 18.8 Å². The van der Waals surface area contributed by atoms with Crippen molar-refractivity contribution in [3.05, 3.63) is 64.4 Å². The summed E-state index contributed by atoms with van der Waals surface area (Å²) in [4.78, 5) is 40.3. The van der Waals surface area contributed by atoms with Crippen LogP contribution >= 0.6 is 11.6 Å². The lowest BCUT2D eigenvalue weighted by molar-refractivity contribution is -0.125. The molecule has 31 heavy (non-hydrogen) atoms. The molecule has 2 aromatic carbocycles. The fraction of sp³-hybridized carbons (Fsp3) is 0.304. The first-order valence-electron chi connectivity index (χ1n) is 10.2. The van der Waals surface area contributed by atoms with Crippen molar-refractivity contribution >= 4 is 40.7 Å². The second kappa shape index (κ2) is 6.99. The van der Waals surface area contributed by atoms with Gasteiger partial charge in [-0.1, -0.05) is 23.7 Å². The summed E-state index contributed by atoms with van der Waals surface area (Å²) < 4.78 is 13.4. The molecule has 3 amide bonds. The Labute approximate surface area is 183 Å². The molecule has 0 radical (unpaired) electrons. The Hall–Kier alpha value is -3.06. The normalized spacial score (nSPS) is 25.5. The Kier molecular flexibility index (Phi) is 4.48. The van der Waals surface area contributed by atoms with E-state index in [1.807, 2.05) is 0 Å². The fourth-order valence-corrected chi connectivity index (χ4v) is 5.18. The van der Waals surface area contributed by atoms with Crippen LogP contribution in [0, 0.1) is 11.2 Å². The summed E-state index contributed by atoms with van der Waals surface area (Å²) in [5, 5.41) is 5.80. The average Bonchev–Trinajstić information content (AvgIpc) is 3.15. The highest BCUT2D eigenvalue weighted by Crippen LogP contribution is 2.46. The summed E-state index contributed by atoms with van der Waals surface area (Å²) in [6.45, 7) is 1.80. The molecule has 1 aliphatic carbocycles. The maximum Gasteiger partial charge on any atom is 0.261 e. The number of anilines is 1. The fourth-order valence-electron chi connectivity index (χ4n) is 4.93. The van der Waals surface area contributed by atoms with Gasteiger partial charge in [-0.3, -0.25) is 19.3 Å². The summed E-state index contributed by atoms with van der Waals surface area (Å²) >= 11 is 6.15. The van der Waals surface area contributed by atoms with Crippen LogP contribution in [0.3, 0.4) is 0 Å². The average molecular weight is 440 g/mol. The highest BCUT2D eigenvalue weighted by Gasteiger charge is 2.53. The van der Waals surface area contributed by atoms with Gasteiger partial charge in [0.25, 0.3) is 17.7 Å². The van der Waals surface area contributed by atoms with Gasteiger partial charge in [-0.15, -0.1) is 0 Å². The molecule has 0 unspecified atom stereocenters. The van der Waals surface area contributed by atoms with Crippen LogP contribution < -0.4 is 5.01 Å². The predicted molar refractivity (Wildman–Crippen MR) is 114 cm³/mol. The molecule has 8 heteroatoms. The molecule has 1 fully saturated rings. The number of hydrazone groups is 1. The number of benzene rings is 2. The van der Waals surface area contributed by atoms with E-state index >= 15 is 0 Å². The number of halogens is 2. The molecule has 1 spiro atoms. The third-order valence-electron chi connectivity index (χ3n) is 6.68. The van der Waals surface area contributed by atoms with Crippen LogP contribution in [0.1, 0.15) is 53.3 Å². The minimum absolute atomic E-state index is 0.113. The topological polar surface area (TPSA) is 70.1 Å². The highest BCUT2D eigenvalue weighted by molar-refractivity contribution is 6.34. The number of rotatable bonds is 2. The van der Waals surface area contributed by atoms with E-state index in [0.717, 1.165) is 6.07 Å². The largest absolute Gasteiger partial charge is 0.271 e. The van der Waals surface area contributed by atoms with E-state index in [-0.39, 0.29) is 28.8 Å². The third-order valence-corrected chi connectivity index (χ3v) is 6.98. The van der Waals surface area contributed by atoms with Gasteiger partial charge in [0, 0.05) is 6.04 Å². The quantitative estimate of drug-likeness (QED) is 0.650. The molecule has 0 bridgehead atoms. The van der Waals surface area contributed by atoms with Crippen molar-refractivity contribution in [1.82, 2.24) is 4.90 Å². The molecule has 6 nitrogen and oxygen atoms in total. The molecule has 2 aliphatic heterocycles. The van der Waals surface area contributed by atoms with Gasteiger partial charge in [0.05, 0.1) is 33.0 Å². The number of imide groups is 1. The van der Waals surface area contributed by atoms with Gasteiger partial charge in [0.1, 0.15) is 5.82 Å². The minimum atomic E-state index is -0.799. The zero-order valence-electron chi connectivity index (χ0n) is 16.8. The molecular weight excluding hydrogens is 421 g/mol. The first kappa shape index (κ1) is 19.9.